The molecular weight excluding hydrogens is 408 g/mol. The van der Waals surface area contributed by atoms with Gasteiger partial charge in [-0.2, -0.15) is 0 Å². The summed E-state index contributed by atoms with van der Waals surface area (Å²) in [5.74, 6) is 0.985. The van der Waals surface area contributed by atoms with Crippen molar-refractivity contribution in [3.05, 3.63) is 109 Å². The van der Waals surface area contributed by atoms with Crippen LogP contribution < -0.4 is 0 Å². The highest BCUT2D eigenvalue weighted by Crippen LogP contribution is 2.41. The van der Waals surface area contributed by atoms with Gasteiger partial charge >= 0.3 is 0 Å². The van der Waals surface area contributed by atoms with Gasteiger partial charge in [0.2, 0.25) is 0 Å². The summed E-state index contributed by atoms with van der Waals surface area (Å²) in [4.78, 5) is 5.13. The van der Waals surface area contributed by atoms with E-state index in [2.05, 4.69) is 114 Å². The van der Waals surface area contributed by atoms with Gasteiger partial charge in [-0.3, -0.25) is 4.57 Å². The number of nitrogens with zero attached hydrogens (tertiary/aromatic N) is 2. The minimum atomic E-state index is 0.985. The molecule has 0 aliphatic carbocycles. The second-order valence-corrected chi connectivity index (χ2v) is 9.12. The number of imidazole rings is 1. The summed E-state index contributed by atoms with van der Waals surface area (Å²) >= 11 is 1.85. The number of thiophene rings is 1. The van der Waals surface area contributed by atoms with E-state index in [0.717, 1.165) is 22.5 Å². The summed E-state index contributed by atoms with van der Waals surface area (Å²) in [5, 5.41) is 5.07. The number of aromatic nitrogens is 2. The Balaban J connectivity index is 1.58. The van der Waals surface area contributed by atoms with Gasteiger partial charge in [-0.05, 0) is 47.2 Å². The highest BCUT2D eigenvalue weighted by Gasteiger charge is 2.18. The molecule has 2 nitrogen and oxygen atoms in total. The molecule has 0 N–H and O–H groups in total. The van der Waals surface area contributed by atoms with Crippen molar-refractivity contribution in [1.29, 1.82) is 0 Å². The van der Waals surface area contributed by atoms with Gasteiger partial charge < -0.3 is 0 Å². The van der Waals surface area contributed by atoms with Crippen LogP contribution >= 0.6 is 11.3 Å². The molecule has 2 aromatic heterocycles. The lowest BCUT2D eigenvalue weighted by molar-refractivity contribution is 1.11. The molecule has 0 saturated heterocycles. The number of hydrogen-bond acceptors (Lipinski definition) is 2. The average Bonchev–Trinajstić information content (AvgIpc) is 3.42. The van der Waals surface area contributed by atoms with Crippen LogP contribution in [0.2, 0.25) is 0 Å². The Morgan fingerprint density at radius 2 is 1.41 bits per heavy atom. The summed E-state index contributed by atoms with van der Waals surface area (Å²) in [6.07, 6.45) is 0. The van der Waals surface area contributed by atoms with E-state index < -0.39 is 0 Å². The maximum atomic E-state index is 5.13. The molecule has 32 heavy (non-hydrogen) atoms. The van der Waals surface area contributed by atoms with Crippen molar-refractivity contribution in [3.8, 4) is 17.1 Å². The van der Waals surface area contributed by atoms with E-state index in [1.54, 1.807) is 0 Å². The maximum Gasteiger partial charge on any atom is 0.147 e. The second-order valence-electron chi connectivity index (χ2n) is 8.07. The van der Waals surface area contributed by atoms with Crippen molar-refractivity contribution in [1.82, 2.24) is 9.55 Å². The van der Waals surface area contributed by atoms with Crippen LogP contribution in [0.25, 0.3) is 59.1 Å². The summed E-state index contributed by atoms with van der Waals surface area (Å²) in [5.41, 5.74) is 4.43. The lowest BCUT2D eigenvalue weighted by Crippen LogP contribution is -1.97. The van der Waals surface area contributed by atoms with Gasteiger partial charge in [0.05, 0.1) is 11.0 Å². The fraction of sp³-hybridized carbons (Fsp3) is 0. The van der Waals surface area contributed by atoms with Gasteiger partial charge in [0, 0.05) is 31.4 Å². The minimum absolute atomic E-state index is 0.985. The number of benzene rings is 5. The molecule has 0 aliphatic heterocycles. The van der Waals surface area contributed by atoms with Crippen LogP contribution in [0.5, 0.6) is 0 Å². The van der Waals surface area contributed by atoms with Crippen molar-refractivity contribution in [2.75, 3.05) is 0 Å². The summed E-state index contributed by atoms with van der Waals surface area (Å²) in [6, 6.07) is 38.8. The van der Waals surface area contributed by atoms with E-state index >= 15 is 0 Å². The monoisotopic (exact) mass is 426 g/mol. The first-order valence-electron chi connectivity index (χ1n) is 10.7. The average molecular weight is 427 g/mol. The van der Waals surface area contributed by atoms with Gasteiger partial charge in [-0.1, -0.05) is 72.8 Å². The normalized spacial score (nSPS) is 11.8. The predicted molar refractivity (Wildman–Crippen MR) is 137 cm³/mol. The number of para-hydroxylation sites is 2. The summed E-state index contributed by atoms with van der Waals surface area (Å²) in [7, 11) is 0. The van der Waals surface area contributed by atoms with Crippen LogP contribution in [0.3, 0.4) is 0 Å². The zero-order valence-corrected chi connectivity index (χ0v) is 18.0. The molecule has 0 unspecified atom stereocenters. The van der Waals surface area contributed by atoms with Crippen LogP contribution in [0.15, 0.2) is 109 Å². The molecule has 0 spiro atoms. The molecule has 7 aromatic rings. The molecule has 0 saturated carbocycles. The fourth-order valence-corrected chi connectivity index (χ4v) is 5.92. The highest BCUT2D eigenvalue weighted by atomic mass is 32.1. The SMILES string of the molecule is c1ccc2cc(-n3c(-c4cccc5c4sc4ccccc45)nc4ccccc43)ccc2c1. The third kappa shape index (κ3) is 2.55. The molecule has 3 heteroatoms. The Bertz CT molecular complexity index is 1790. The van der Waals surface area contributed by atoms with E-state index in [1.807, 2.05) is 11.3 Å². The van der Waals surface area contributed by atoms with E-state index in [4.69, 9.17) is 4.98 Å². The molecule has 0 atom stereocenters. The first-order chi connectivity index (χ1) is 15.9. The predicted octanol–water partition coefficient (Wildman–Crippen LogP) is 8.21. The Morgan fingerprint density at radius 1 is 0.625 bits per heavy atom. The highest BCUT2D eigenvalue weighted by molar-refractivity contribution is 7.26. The van der Waals surface area contributed by atoms with Crippen molar-refractivity contribution >= 4 is 53.3 Å². The standard InChI is InChI=1S/C29H18N2S/c1-2-9-20-18-21(17-16-19(20)8-1)31-26-14-5-4-13-25(26)30-29(31)24-12-7-11-23-22-10-3-6-15-27(22)32-28(23)24/h1-18H. The van der Waals surface area contributed by atoms with Crippen LogP contribution in [0, 0.1) is 0 Å². The second kappa shape index (κ2) is 6.78. The van der Waals surface area contributed by atoms with E-state index in [9.17, 15) is 0 Å². The fourth-order valence-electron chi connectivity index (χ4n) is 4.71. The first-order valence-corrected chi connectivity index (χ1v) is 11.6. The minimum Gasteiger partial charge on any atom is -0.292 e. The molecule has 0 aliphatic rings. The Morgan fingerprint density at radius 3 is 2.38 bits per heavy atom. The third-order valence-corrected chi connectivity index (χ3v) is 7.42. The third-order valence-electron chi connectivity index (χ3n) is 6.20. The molecule has 2 heterocycles. The van der Waals surface area contributed by atoms with Gasteiger partial charge in [0.25, 0.3) is 0 Å². The van der Waals surface area contributed by atoms with Crippen molar-refractivity contribution in [2.45, 2.75) is 0 Å². The smallest absolute Gasteiger partial charge is 0.147 e. The van der Waals surface area contributed by atoms with Crippen LogP contribution in [0.1, 0.15) is 0 Å². The molecule has 150 valence electrons. The lowest BCUT2D eigenvalue weighted by atomic mass is 10.1. The molecule has 0 bridgehead atoms. The van der Waals surface area contributed by atoms with Crippen molar-refractivity contribution in [3.63, 3.8) is 0 Å². The first kappa shape index (κ1) is 17.7. The molecule has 0 fully saturated rings. The van der Waals surface area contributed by atoms with E-state index in [0.29, 0.717) is 0 Å². The molecule has 5 aromatic carbocycles. The zero-order valence-electron chi connectivity index (χ0n) is 17.2. The van der Waals surface area contributed by atoms with Crippen LogP contribution in [-0.2, 0) is 0 Å². The maximum absolute atomic E-state index is 5.13. The van der Waals surface area contributed by atoms with E-state index in [-0.39, 0.29) is 0 Å². The molecule has 0 amide bonds. The topological polar surface area (TPSA) is 17.8 Å². The summed E-state index contributed by atoms with van der Waals surface area (Å²) < 4.78 is 4.90. The van der Waals surface area contributed by atoms with Gasteiger partial charge in [-0.25, -0.2) is 4.98 Å². The van der Waals surface area contributed by atoms with Crippen LogP contribution in [-0.4, -0.2) is 9.55 Å². The van der Waals surface area contributed by atoms with E-state index in [1.165, 1.54) is 36.5 Å². The molecule has 0 radical (unpaired) electrons. The molecular formula is C29H18N2S. The Hall–Kier alpha value is -3.95. The van der Waals surface area contributed by atoms with Gasteiger partial charge in [0.15, 0.2) is 0 Å². The number of hydrogen-bond donors (Lipinski definition) is 0. The Kier molecular flexibility index (Phi) is 3.75. The number of rotatable bonds is 2. The van der Waals surface area contributed by atoms with Gasteiger partial charge in [-0.15, -0.1) is 11.3 Å². The molecule has 7 rings (SSSR count). The number of fused-ring (bicyclic) bond motifs is 5. The largest absolute Gasteiger partial charge is 0.292 e. The van der Waals surface area contributed by atoms with Crippen molar-refractivity contribution in [2.24, 2.45) is 0 Å². The lowest BCUT2D eigenvalue weighted by Gasteiger charge is -2.11. The van der Waals surface area contributed by atoms with Crippen LogP contribution in [0.4, 0.5) is 0 Å². The zero-order chi connectivity index (χ0) is 21.1. The summed E-state index contributed by atoms with van der Waals surface area (Å²) in [6.45, 7) is 0. The van der Waals surface area contributed by atoms with Gasteiger partial charge in [0.1, 0.15) is 5.82 Å². The van der Waals surface area contributed by atoms with Crippen molar-refractivity contribution < 1.29 is 0 Å². The Labute approximate surface area is 189 Å². The quantitative estimate of drug-likeness (QED) is 0.272.